The molecule has 1 aromatic rings. The SMILES string of the molecule is COc1ccc(C(CCCN)OC)cc1C. The van der Waals surface area contributed by atoms with Crippen molar-refractivity contribution in [3.05, 3.63) is 29.3 Å². The van der Waals surface area contributed by atoms with Crippen LogP contribution in [0.1, 0.15) is 30.1 Å². The van der Waals surface area contributed by atoms with Gasteiger partial charge < -0.3 is 15.2 Å². The van der Waals surface area contributed by atoms with Crippen LogP contribution >= 0.6 is 0 Å². The molecule has 0 aliphatic rings. The lowest BCUT2D eigenvalue weighted by atomic mass is 10.0. The number of rotatable bonds is 6. The lowest BCUT2D eigenvalue weighted by molar-refractivity contribution is 0.0943. The van der Waals surface area contributed by atoms with Gasteiger partial charge in [0.25, 0.3) is 0 Å². The van der Waals surface area contributed by atoms with Gasteiger partial charge in [-0.05, 0) is 49.6 Å². The Hall–Kier alpha value is -1.06. The molecule has 0 saturated heterocycles. The van der Waals surface area contributed by atoms with Gasteiger partial charge in [0.1, 0.15) is 5.75 Å². The van der Waals surface area contributed by atoms with E-state index < -0.39 is 0 Å². The lowest BCUT2D eigenvalue weighted by Crippen LogP contribution is -2.06. The van der Waals surface area contributed by atoms with Crippen molar-refractivity contribution in [1.82, 2.24) is 0 Å². The molecule has 0 spiro atoms. The van der Waals surface area contributed by atoms with Gasteiger partial charge >= 0.3 is 0 Å². The maximum absolute atomic E-state index is 5.51. The molecule has 3 nitrogen and oxygen atoms in total. The van der Waals surface area contributed by atoms with Crippen LogP contribution in [0.5, 0.6) is 5.75 Å². The van der Waals surface area contributed by atoms with E-state index in [9.17, 15) is 0 Å². The minimum Gasteiger partial charge on any atom is -0.496 e. The first-order valence-electron chi connectivity index (χ1n) is 5.60. The second-order valence-electron chi connectivity index (χ2n) is 3.88. The zero-order valence-electron chi connectivity index (χ0n) is 10.3. The second-order valence-corrected chi connectivity index (χ2v) is 3.88. The highest BCUT2D eigenvalue weighted by Crippen LogP contribution is 2.26. The summed E-state index contributed by atoms with van der Waals surface area (Å²) in [6.45, 7) is 2.74. The van der Waals surface area contributed by atoms with E-state index in [1.807, 2.05) is 13.0 Å². The molecule has 1 atom stereocenters. The summed E-state index contributed by atoms with van der Waals surface area (Å²) in [6.07, 6.45) is 2.07. The number of methoxy groups -OCH3 is 2. The van der Waals surface area contributed by atoms with Gasteiger partial charge in [0.15, 0.2) is 0 Å². The van der Waals surface area contributed by atoms with Gasteiger partial charge in [0, 0.05) is 7.11 Å². The van der Waals surface area contributed by atoms with E-state index in [1.165, 1.54) is 5.56 Å². The van der Waals surface area contributed by atoms with Crippen molar-refractivity contribution < 1.29 is 9.47 Å². The molecule has 0 aliphatic carbocycles. The summed E-state index contributed by atoms with van der Waals surface area (Å²) in [5.41, 5.74) is 7.83. The van der Waals surface area contributed by atoms with E-state index in [-0.39, 0.29) is 6.10 Å². The Kier molecular flexibility index (Phi) is 5.29. The summed E-state index contributed by atoms with van der Waals surface area (Å²) in [6, 6.07) is 6.15. The Balaban J connectivity index is 2.80. The van der Waals surface area contributed by atoms with E-state index >= 15 is 0 Å². The molecule has 1 aromatic carbocycles. The fraction of sp³-hybridized carbons (Fsp3) is 0.538. The molecule has 0 heterocycles. The fourth-order valence-electron chi connectivity index (χ4n) is 1.83. The number of ether oxygens (including phenoxy) is 2. The molecule has 16 heavy (non-hydrogen) atoms. The van der Waals surface area contributed by atoms with Gasteiger partial charge in [-0.1, -0.05) is 6.07 Å². The van der Waals surface area contributed by atoms with Crippen LogP contribution in [0.4, 0.5) is 0 Å². The quantitative estimate of drug-likeness (QED) is 0.805. The molecule has 3 heteroatoms. The lowest BCUT2D eigenvalue weighted by Gasteiger charge is -2.16. The summed E-state index contributed by atoms with van der Waals surface area (Å²) in [4.78, 5) is 0. The van der Waals surface area contributed by atoms with Gasteiger partial charge in [-0.2, -0.15) is 0 Å². The van der Waals surface area contributed by atoms with Crippen molar-refractivity contribution in [1.29, 1.82) is 0 Å². The van der Waals surface area contributed by atoms with Crippen LogP contribution in [0.3, 0.4) is 0 Å². The monoisotopic (exact) mass is 223 g/mol. The number of benzene rings is 1. The summed E-state index contributed by atoms with van der Waals surface area (Å²) in [5, 5.41) is 0. The second kappa shape index (κ2) is 6.51. The Morgan fingerprint density at radius 2 is 2.06 bits per heavy atom. The normalized spacial score (nSPS) is 12.5. The smallest absolute Gasteiger partial charge is 0.121 e. The molecule has 0 bridgehead atoms. The highest BCUT2D eigenvalue weighted by Gasteiger charge is 2.11. The maximum Gasteiger partial charge on any atom is 0.121 e. The van der Waals surface area contributed by atoms with Gasteiger partial charge in [-0.15, -0.1) is 0 Å². The zero-order chi connectivity index (χ0) is 12.0. The zero-order valence-corrected chi connectivity index (χ0v) is 10.3. The van der Waals surface area contributed by atoms with Crippen LogP contribution in [-0.4, -0.2) is 20.8 Å². The van der Waals surface area contributed by atoms with Crippen molar-refractivity contribution in [2.75, 3.05) is 20.8 Å². The number of hydrogen-bond acceptors (Lipinski definition) is 3. The largest absolute Gasteiger partial charge is 0.496 e. The Morgan fingerprint density at radius 1 is 1.31 bits per heavy atom. The molecule has 1 unspecified atom stereocenters. The Morgan fingerprint density at radius 3 is 2.56 bits per heavy atom. The van der Waals surface area contributed by atoms with Gasteiger partial charge in [-0.25, -0.2) is 0 Å². The molecule has 0 amide bonds. The van der Waals surface area contributed by atoms with Crippen LogP contribution in [0.15, 0.2) is 18.2 Å². The van der Waals surface area contributed by atoms with Gasteiger partial charge in [0.2, 0.25) is 0 Å². The molecule has 0 radical (unpaired) electrons. The highest BCUT2D eigenvalue weighted by molar-refractivity contribution is 5.37. The molecule has 90 valence electrons. The third-order valence-electron chi connectivity index (χ3n) is 2.75. The van der Waals surface area contributed by atoms with E-state index in [1.54, 1.807) is 14.2 Å². The van der Waals surface area contributed by atoms with Crippen molar-refractivity contribution in [3.8, 4) is 5.75 Å². The molecule has 0 saturated carbocycles. The van der Waals surface area contributed by atoms with Crippen LogP contribution in [-0.2, 0) is 4.74 Å². The minimum atomic E-state index is 0.133. The first-order valence-corrected chi connectivity index (χ1v) is 5.60. The van der Waals surface area contributed by atoms with Crippen molar-refractivity contribution in [2.45, 2.75) is 25.9 Å². The number of aryl methyl sites for hydroxylation is 1. The van der Waals surface area contributed by atoms with E-state index in [2.05, 4.69) is 12.1 Å². The summed E-state index contributed by atoms with van der Waals surface area (Å²) >= 11 is 0. The highest BCUT2D eigenvalue weighted by atomic mass is 16.5. The first kappa shape index (κ1) is 13.0. The summed E-state index contributed by atoms with van der Waals surface area (Å²) < 4.78 is 10.7. The van der Waals surface area contributed by atoms with Crippen LogP contribution in [0.2, 0.25) is 0 Å². The minimum absolute atomic E-state index is 0.133. The standard InChI is InChI=1S/C13H21NO2/c1-10-9-11(6-7-12(10)15-2)13(16-3)5-4-8-14/h6-7,9,13H,4-5,8,14H2,1-3H3. The average Bonchev–Trinajstić information content (AvgIpc) is 2.30. The topological polar surface area (TPSA) is 44.5 Å². The fourth-order valence-corrected chi connectivity index (χ4v) is 1.83. The van der Waals surface area contributed by atoms with Gasteiger partial charge in [0.05, 0.1) is 13.2 Å². The molecular weight excluding hydrogens is 202 g/mol. The first-order chi connectivity index (χ1) is 7.72. The third-order valence-corrected chi connectivity index (χ3v) is 2.75. The number of nitrogens with two attached hydrogens (primary N) is 1. The van der Waals surface area contributed by atoms with Crippen molar-refractivity contribution >= 4 is 0 Å². The van der Waals surface area contributed by atoms with E-state index in [0.717, 1.165) is 24.2 Å². The molecular formula is C13H21NO2. The van der Waals surface area contributed by atoms with E-state index in [4.69, 9.17) is 15.2 Å². The van der Waals surface area contributed by atoms with E-state index in [0.29, 0.717) is 6.54 Å². The molecule has 2 N–H and O–H groups in total. The van der Waals surface area contributed by atoms with Crippen molar-refractivity contribution in [3.63, 3.8) is 0 Å². The Bertz CT molecular complexity index is 326. The van der Waals surface area contributed by atoms with Crippen LogP contribution in [0.25, 0.3) is 0 Å². The molecule has 1 rings (SSSR count). The molecule has 0 aromatic heterocycles. The maximum atomic E-state index is 5.51. The summed E-state index contributed by atoms with van der Waals surface area (Å²) in [7, 11) is 3.42. The van der Waals surface area contributed by atoms with Crippen LogP contribution < -0.4 is 10.5 Å². The predicted octanol–water partition coefficient (Wildman–Crippen LogP) is 2.43. The average molecular weight is 223 g/mol. The number of hydrogen-bond donors (Lipinski definition) is 1. The van der Waals surface area contributed by atoms with Crippen molar-refractivity contribution in [2.24, 2.45) is 5.73 Å². The predicted molar refractivity (Wildman–Crippen MR) is 65.8 cm³/mol. The van der Waals surface area contributed by atoms with Gasteiger partial charge in [-0.3, -0.25) is 0 Å². The van der Waals surface area contributed by atoms with Crippen LogP contribution in [0, 0.1) is 6.92 Å². The summed E-state index contributed by atoms with van der Waals surface area (Å²) in [5.74, 6) is 0.914. The molecule has 0 aliphatic heterocycles. The molecule has 0 fully saturated rings. The Labute approximate surface area is 97.6 Å². The third kappa shape index (κ3) is 3.22.